The zero-order valence-corrected chi connectivity index (χ0v) is 21.3. The Kier molecular flexibility index (Phi) is 6.88. The number of benzene rings is 2. The number of carbonyl (C=O) groups excluding carboxylic acids is 1. The predicted molar refractivity (Wildman–Crippen MR) is 135 cm³/mol. The van der Waals surface area contributed by atoms with Crippen LogP contribution in [-0.4, -0.2) is 15.5 Å². The van der Waals surface area contributed by atoms with Crippen LogP contribution in [0.25, 0.3) is 11.1 Å². The molecular formula is C29H26F4N4O2. The van der Waals surface area contributed by atoms with E-state index < -0.39 is 17.8 Å². The summed E-state index contributed by atoms with van der Waals surface area (Å²) in [6.07, 6.45) is -0.407. The number of rotatable bonds is 7. The van der Waals surface area contributed by atoms with Gasteiger partial charge in [0.1, 0.15) is 12.1 Å². The second kappa shape index (κ2) is 10.2. The molecule has 1 amide bonds. The fourth-order valence-electron chi connectivity index (χ4n) is 4.73. The van der Waals surface area contributed by atoms with Crippen molar-refractivity contribution in [2.24, 2.45) is 5.92 Å². The van der Waals surface area contributed by atoms with Crippen molar-refractivity contribution in [2.45, 2.75) is 45.5 Å². The number of oxazole rings is 1. The van der Waals surface area contributed by atoms with Crippen LogP contribution < -0.4 is 11.0 Å². The topological polar surface area (TPSA) is 83.9 Å². The average Bonchev–Trinajstić information content (AvgIpc) is 3.70. The molecule has 6 nitrogen and oxygen atoms in total. The quantitative estimate of drug-likeness (QED) is 0.270. The van der Waals surface area contributed by atoms with E-state index in [1.54, 1.807) is 42.7 Å². The molecule has 202 valence electrons. The minimum absolute atomic E-state index is 0.111. The Balaban J connectivity index is 1.57. The summed E-state index contributed by atoms with van der Waals surface area (Å²) in [6, 6.07) is 11.7. The largest absolute Gasteiger partial charge is 0.433 e. The third-order valence-corrected chi connectivity index (χ3v) is 6.92. The molecule has 2 heterocycles. The lowest BCUT2D eigenvalue weighted by molar-refractivity contribution is -0.140. The molecule has 4 aromatic rings. The molecule has 2 aromatic heterocycles. The summed E-state index contributed by atoms with van der Waals surface area (Å²) in [6.45, 7) is 3.51. The van der Waals surface area contributed by atoms with Crippen molar-refractivity contribution in [1.82, 2.24) is 14.9 Å². The van der Waals surface area contributed by atoms with Gasteiger partial charge >= 0.3 is 6.18 Å². The number of hydrogen-bond acceptors (Lipinski definition) is 4. The van der Waals surface area contributed by atoms with Crippen molar-refractivity contribution in [1.29, 1.82) is 5.41 Å². The molecule has 0 radical (unpaired) electrons. The number of hydrogen-bond donors (Lipinski definition) is 2. The lowest BCUT2D eigenvalue weighted by Crippen LogP contribution is -2.30. The number of halogens is 4. The third-order valence-electron chi connectivity index (χ3n) is 6.92. The van der Waals surface area contributed by atoms with Crippen LogP contribution in [-0.2, 0) is 12.7 Å². The van der Waals surface area contributed by atoms with Crippen LogP contribution in [0.2, 0.25) is 0 Å². The van der Waals surface area contributed by atoms with Gasteiger partial charge < -0.3 is 9.73 Å². The maximum Gasteiger partial charge on any atom is 0.433 e. The molecule has 5 rings (SSSR count). The molecular weight excluding hydrogens is 512 g/mol. The van der Waals surface area contributed by atoms with Gasteiger partial charge in [-0.05, 0) is 85.2 Å². The highest BCUT2D eigenvalue weighted by Gasteiger charge is 2.36. The first kappa shape index (κ1) is 26.4. The summed E-state index contributed by atoms with van der Waals surface area (Å²) in [5.41, 5.74) is 1.40. The van der Waals surface area contributed by atoms with Crippen molar-refractivity contribution < 1.29 is 26.8 Å². The van der Waals surface area contributed by atoms with E-state index in [4.69, 9.17) is 9.83 Å². The monoisotopic (exact) mass is 538 g/mol. The number of pyridine rings is 1. The van der Waals surface area contributed by atoms with Gasteiger partial charge in [-0.2, -0.15) is 13.2 Å². The summed E-state index contributed by atoms with van der Waals surface area (Å²) < 4.78 is 62.0. The second-order valence-corrected chi connectivity index (χ2v) is 9.88. The number of nitrogens with one attached hydrogen (secondary N) is 2. The van der Waals surface area contributed by atoms with Crippen LogP contribution >= 0.6 is 0 Å². The van der Waals surface area contributed by atoms with Crippen LogP contribution in [0.15, 0.2) is 65.4 Å². The molecule has 1 saturated carbocycles. The van der Waals surface area contributed by atoms with E-state index in [9.17, 15) is 22.4 Å². The SMILES string of the molecule is Cc1cc([C@@H](NC(=O)c2cc(Cn3c(C)coc3=N)cc(-c3cccnc3C(F)(F)F)c2)C2CC2)ccc1F. The van der Waals surface area contributed by atoms with Crippen LogP contribution in [0.3, 0.4) is 0 Å². The van der Waals surface area contributed by atoms with E-state index >= 15 is 0 Å². The van der Waals surface area contributed by atoms with E-state index in [-0.39, 0.29) is 46.7 Å². The Hall–Kier alpha value is -4.21. The van der Waals surface area contributed by atoms with E-state index in [0.29, 0.717) is 16.8 Å². The second-order valence-electron chi connectivity index (χ2n) is 9.88. The highest BCUT2D eigenvalue weighted by atomic mass is 19.4. The summed E-state index contributed by atoms with van der Waals surface area (Å²) in [5.74, 6) is -0.615. The molecule has 1 aliphatic rings. The van der Waals surface area contributed by atoms with Crippen LogP contribution in [0.4, 0.5) is 17.6 Å². The van der Waals surface area contributed by atoms with Crippen molar-refractivity contribution in [3.05, 3.63) is 106 Å². The Morgan fingerprint density at radius 2 is 1.95 bits per heavy atom. The van der Waals surface area contributed by atoms with E-state index in [1.165, 1.54) is 30.5 Å². The number of nitrogens with zero attached hydrogens (tertiary/aromatic N) is 2. The van der Waals surface area contributed by atoms with E-state index in [2.05, 4.69) is 10.3 Å². The number of alkyl halides is 3. The summed E-state index contributed by atoms with van der Waals surface area (Å²) >= 11 is 0. The molecule has 0 aliphatic heterocycles. The van der Waals surface area contributed by atoms with Gasteiger partial charge in [-0.15, -0.1) is 0 Å². The van der Waals surface area contributed by atoms with E-state index in [1.807, 2.05) is 0 Å². The molecule has 1 fully saturated rings. The minimum atomic E-state index is -4.70. The fraction of sp³-hybridized carbons (Fsp3) is 0.276. The molecule has 0 saturated heterocycles. The third kappa shape index (κ3) is 5.64. The first-order valence-electron chi connectivity index (χ1n) is 12.4. The van der Waals surface area contributed by atoms with E-state index in [0.717, 1.165) is 24.6 Å². The van der Waals surface area contributed by atoms with Crippen molar-refractivity contribution in [2.75, 3.05) is 0 Å². The number of amides is 1. The molecule has 10 heteroatoms. The Morgan fingerprint density at radius 1 is 1.18 bits per heavy atom. The van der Waals surface area contributed by atoms with Crippen LogP contribution in [0.5, 0.6) is 0 Å². The Labute approximate surface area is 221 Å². The molecule has 0 bridgehead atoms. The number of aromatic nitrogens is 2. The summed E-state index contributed by atoms with van der Waals surface area (Å²) in [4.78, 5) is 17.1. The van der Waals surface area contributed by atoms with Crippen LogP contribution in [0.1, 0.15) is 57.3 Å². The van der Waals surface area contributed by atoms with Gasteiger partial charge in [0.25, 0.3) is 11.6 Å². The molecule has 2 aromatic carbocycles. The minimum Gasteiger partial charge on any atom is -0.432 e. The lowest BCUT2D eigenvalue weighted by Gasteiger charge is -2.20. The maximum atomic E-state index is 13.9. The smallest absolute Gasteiger partial charge is 0.432 e. The van der Waals surface area contributed by atoms with Crippen LogP contribution in [0, 0.1) is 31.0 Å². The predicted octanol–water partition coefficient (Wildman–Crippen LogP) is 6.33. The van der Waals surface area contributed by atoms with Gasteiger partial charge in [0.15, 0.2) is 5.69 Å². The highest BCUT2D eigenvalue weighted by Crippen LogP contribution is 2.42. The number of aryl methyl sites for hydroxylation is 2. The molecule has 2 N–H and O–H groups in total. The molecule has 0 unspecified atom stereocenters. The fourth-order valence-corrected chi connectivity index (χ4v) is 4.73. The van der Waals surface area contributed by atoms with Crippen molar-refractivity contribution in [3.63, 3.8) is 0 Å². The van der Waals surface area contributed by atoms with Gasteiger partial charge in [0.05, 0.1) is 18.3 Å². The Bertz CT molecular complexity index is 1600. The summed E-state index contributed by atoms with van der Waals surface area (Å²) in [7, 11) is 0. The molecule has 39 heavy (non-hydrogen) atoms. The van der Waals surface area contributed by atoms with Gasteiger partial charge in [0, 0.05) is 17.3 Å². The first-order chi connectivity index (χ1) is 18.5. The zero-order valence-electron chi connectivity index (χ0n) is 21.3. The van der Waals surface area contributed by atoms with Gasteiger partial charge in [-0.1, -0.05) is 18.2 Å². The normalized spacial score (nSPS) is 14.3. The Morgan fingerprint density at radius 3 is 2.59 bits per heavy atom. The van der Waals surface area contributed by atoms with Gasteiger partial charge in [-0.25, -0.2) is 4.39 Å². The van der Waals surface area contributed by atoms with Gasteiger partial charge in [-0.3, -0.25) is 19.8 Å². The highest BCUT2D eigenvalue weighted by molar-refractivity contribution is 5.96. The first-order valence-corrected chi connectivity index (χ1v) is 12.4. The molecule has 1 atom stereocenters. The lowest BCUT2D eigenvalue weighted by atomic mass is 9.96. The maximum absolute atomic E-state index is 13.9. The summed E-state index contributed by atoms with van der Waals surface area (Å²) in [5, 5.41) is 11.0. The zero-order chi connectivity index (χ0) is 27.9. The van der Waals surface area contributed by atoms with Crippen molar-refractivity contribution in [3.8, 4) is 11.1 Å². The average molecular weight is 539 g/mol. The molecule has 1 aliphatic carbocycles. The molecule has 0 spiro atoms. The van der Waals surface area contributed by atoms with Crippen molar-refractivity contribution >= 4 is 5.91 Å². The number of carbonyl (C=O) groups is 1. The standard InChI is InChI=1S/C29H26F4N4O2/c1-16-10-20(7-8-24(16)30)25(19-5-6-19)36-27(38)22-12-18(14-37-17(2)15-39-28(37)34)11-21(13-22)23-4-3-9-35-26(23)29(31,32)33/h3-4,7-13,15,19,25,34H,5-6,14H2,1-2H3,(H,36,38)/t25-/m0/s1. The van der Waals surface area contributed by atoms with Gasteiger partial charge in [0.2, 0.25) is 0 Å².